The standard InChI is InChI=1S/C15H22N2O4/c1-15(2,3)21-14(20)17-11(9-18)8-10-6-4-5-7-12(10)13(16)19/h4-7,11,18H,8-9H2,1-3H3,(H2,16,19)(H,17,20)/t11-/m0/s1. The van der Waals surface area contributed by atoms with Gasteiger partial charge < -0.3 is 20.9 Å². The average molecular weight is 294 g/mol. The molecule has 4 N–H and O–H groups in total. The van der Waals surface area contributed by atoms with Crippen LogP contribution in [0.1, 0.15) is 36.7 Å². The number of amides is 2. The number of carbonyl (C=O) groups is 2. The fraction of sp³-hybridized carbons (Fsp3) is 0.467. The fourth-order valence-corrected chi connectivity index (χ4v) is 1.84. The van der Waals surface area contributed by atoms with Gasteiger partial charge in [-0.1, -0.05) is 18.2 Å². The number of nitrogens with one attached hydrogen (secondary N) is 1. The molecule has 1 aromatic rings. The Kier molecular flexibility index (Phi) is 5.72. The van der Waals surface area contributed by atoms with E-state index in [0.717, 1.165) is 0 Å². The van der Waals surface area contributed by atoms with Crippen LogP contribution in [0.4, 0.5) is 4.79 Å². The zero-order valence-electron chi connectivity index (χ0n) is 12.6. The van der Waals surface area contributed by atoms with Crippen molar-refractivity contribution in [1.82, 2.24) is 5.32 Å². The molecule has 6 nitrogen and oxygen atoms in total. The smallest absolute Gasteiger partial charge is 0.407 e. The number of carbonyl (C=O) groups excluding carboxylic acids is 2. The molecule has 21 heavy (non-hydrogen) atoms. The molecule has 0 saturated heterocycles. The number of rotatable bonds is 5. The van der Waals surface area contributed by atoms with Crippen molar-refractivity contribution in [2.45, 2.75) is 38.8 Å². The van der Waals surface area contributed by atoms with Gasteiger partial charge in [-0.25, -0.2) is 4.79 Å². The number of aliphatic hydroxyl groups excluding tert-OH is 1. The van der Waals surface area contributed by atoms with Crippen molar-refractivity contribution < 1.29 is 19.4 Å². The van der Waals surface area contributed by atoms with Crippen molar-refractivity contribution in [2.24, 2.45) is 5.73 Å². The quantitative estimate of drug-likeness (QED) is 0.759. The number of primary amides is 1. The van der Waals surface area contributed by atoms with E-state index in [1.807, 2.05) is 0 Å². The van der Waals surface area contributed by atoms with Crippen LogP contribution in [0.2, 0.25) is 0 Å². The van der Waals surface area contributed by atoms with Crippen molar-refractivity contribution >= 4 is 12.0 Å². The lowest BCUT2D eigenvalue weighted by atomic mass is 10.00. The second kappa shape index (κ2) is 7.08. The lowest BCUT2D eigenvalue weighted by Crippen LogP contribution is -2.42. The van der Waals surface area contributed by atoms with Gasteiger partial charge in [0.05, 0.1) is 12.6 Å². The van der Waals surface area contributed by atoms with Gasteiger partial charge in [0.15, 0.2) is 0 Å². The van der Waals surface area contributed by atoms with E-state index in [2.05, 4.69) is 5.32 Å². The first-order valence-corrected chi connectivity index (χ1v) is 6.71. The number of benzene rings is 1. The topological polar surface area (TPSA) is 102 Å². The third-order valence-corrected chi connectivity index (χ3v) is 2.69. The first-order chi connectivity index (χ1) is 9.73. The molecule has 116 valence electrons. The van der Waals surface area contributed by atoms with Crippen LogP contribution in [-0.4, -0.2) is 35.4 Å². The van der Waals surface area contributed by atoms with E-state index in [1.165, 1.54) is 0 Å². The molecule has 0 saturated carbocycles. The summed E-state index contributed by atoms with van der Waals surface area (Å²) in [6.07, 6.45) is -0.326. The van der Waals surface area contributed by atoms with Crippen LogP contribution in [0.3, 0.4) is 0 Å². The lowest BCUT2D eigenvalue weighted by Gasteiger charge is -2.23. The molecule has 1 aromatic carbocycles. The van der Waals surface area contributed by atoms with Gasteiger partial charge in [-0.2, -0.15) is 0 Å². The second-order valence-corrected chi connectivity index (χ2v) is 5.75. The summed E-state index contributed by atoms with van der Waals surface area (Å²) in [7, 11) is 0. The Morgan fingerprint density at radius 2 is 1.95 bits per heavy atom. The minimum absolute atomic E-state index is 0.271. The highest BCUT2D eigenvalue weighted by Gasteiger charge is 2.20. The molecule has 1 rings (SSSR count). The second-order valence-electron chi connectivity index (χ2n) is 5.75. The number of hydrogen-bond acceptors (Lipinski definition) is 4. The van der Waals surface area contributed by atoms with E-state index in [-0.39, 0.29) is 13.0 Å². The summed E-state index contributed by atoms with van der Waals surface area (Å²) in [6, 6.07) is 6.27. The summed E-state index contributed by atoms with van der Waals surface area (Å²) in [4.78, 5) is 23.1. The number of hydrogen-bond donors (Lipinski definition) is 3. The van der Waals surface area contributed by atoms with Gasteiger partial charge in [0, 0.05) is 5.56 Å². The molecule has 0 heterocycles. The summed E-state index contributed by atoms with van der Waals surface area (Å²) in [5, 5.41) is 12.0. The zero-order valence-corrected chi connectivity index (χ0v) is 12.6. The minimum atomic E-state index is -0.616. The monoisotopic (exact) mass is 294 g/mol. The van der Waals surface area contributed by atoms with E-state index in [1.54, 1.807) is 45.0 Å². The third kappa shape index (κ3) is 5.83. The Bertz CT molecular complexity index is 509. The number of nitrogens with two attached hydrogens (primary N) is 1. The molecule has 0 unspecified atom stereocenters. The van der Waals surface area contributed by atoms with Gasteiger partial charge in [-0.3, -0.25) is 4.79 Å². The van der Waals surface area contributed by atoms with Gasteiger partial charge >= 0.3 is 6.09 Å². The van der Waals surface area contributed by atoms with Crippen LogP contribution >= 0.6 is 0 Å². The van der Waals surface area contributed by atoms with Crippen molar-refractivity contribution in [3.05, 3.63) is 35.4 Å². The molecule has 0 bridgehead atoms. The fourth-order valence-electron chi connectivity index (χ4n) is 1.84. The van der Waals surface area contributed by atoms with E-state index >= 15 is 0 Å². The molecule has 0 aliphatic carbocycles. The highest BCUT2D eigenvalue weighted by Crippen LogP contribution is 2.12. The molecule has 0 spiro atoms. The predicted molar refractivity (Wildman–Crippen MR) is 78.9 cm³/mol. The Morgan fingerprint density at radius 1 is 1.33 bits per heavy atom. The maximum atomic E-state index is 11.7. The lowest BCUT2D eigenvalue weighted by molar-refractivity contribution is 0.0483. The predicted octanol–water partition coefficient (Wildman–Crippen LogP) is 1.21. The first-order valence-electron chi connectivity index (χ1n) is 6.71. The van der Waals surface area contributed by atoms with Crippen LogP contribution in [0, 0.1) is 0 Å². The molecular weight excluding hydrogens is 272 g/mol. The normalized spacial score (nSPS) is 12.6. The van der Waals surface area contributed by atoms with E-state index in [4.69, 9.17) is 10.5 Å². The first kappa shape index (κ1) is 17.0. The summed E-state index contributed by atoms with van der Waals surface area (Å²) >= 11 is 0. The van der Waals surface area contributed by atoms with E-state index in [0.29, 0.717) is 11.1 Å². The van der Waals surface area contributed by atoms with E-state index in [9.17, 15) is 14.7 Å². The van der Waals surface area contributed by atoms with Crippen LogP contribution in [0.15, 0.2) is 24.3 Å². The summed E-state index contributed by atoms with van der Waals surface area (Å²) in [6.45, 7) is 4.99. The van der Waals surface area contributed by atoms with Crippen LogP contribution < -0.4 is 11.1 Å². The van der Waals surface area contributed by atoms with Gasteiger partial charge in [-0.15, -0.1) is 0 Å². The molecular formula is C15H22N2O4. The highest BCUT2D eigenvalue weighted by molar-refractivity contribution is 5.94. The average Bonchev–Trinajstić information content (AvgIpc) is 2.36. The molecule has 0 aliphatic heterocycles. The Labute approximate surface area is 124 Å². The molecule has 2 amide bonds. The van der Waals surface area contributed by atoms with Crippen molar-refractivity contribution in [1.29, 1.82) is 0 Å². The minimum Gasteiger partial charge on any atom is -0.444 e. The Morgan fingerprint density at radius 3 is 2.48 bits per heavy atom. The Hall–Kier alpha value is -2.08. The van der Waals surface area contributed by atoms with Crippen LogP contribution in [0.25, 0.3) is 0 Å². The molecule has 0 aromatic heterocycles. The SMILES string of the molecule is CC(C)(C)OC(=O)N[C@H](CO)Cc1ccccc1C(N)=O. The molecule has 0 fully saturated rings. The summed E-state index contributed by atoms with van der Waals surface area (Å²) in [5.74, 6) is -0.542. The van der Waals surface area contributed by atoms with Crippen LogP contribution in [-0.2, 0) is 11.2 Å². The molecule has 1 atom stereocenters. The summed E-state index contributed by atoms with van der Waals surface area (Å²) < 4.78 is 5.13. The van der Waals surface area contributed by atoms with Gasteiger partial charge in [0.1, 0.15) is 5.60 Å². The molecule has 0 radical (unpaired) electrons. The number of ether oxygens (including phenoxy) is 1. The van der Waals surface area contributed by atoms with Crippen molar-refractivity contribution in [3.8, 4) is 0 Å². The van der Waals surface area contributed by atoms with Crippen molar-refractivity contribution in [2.75, 3.05) is 6.61 Å². The third-order valence-electron chi connectivity index (χ3n) is 2.69. The maximum absolute atomic E-state index is 11.7. The largest absolute Gasteiger partial charge is 0.444 e. The highest BCUT2D eigenvalue weighted by atomic mass is 16.6. The van der Waals surface area contributed by atoms with E-state index < -0.39 is 23.6 Å². The zero-order chi connectivity index (χ0) is 16.0. The van der Waals surface area contributed by atoms with Gasteiger partial charge in [0.2, 0.25) is 5.91 Å². The van der Waals surface area contributed by atoms with Crippen molar-refractivity contribution in [3.63, 3.8) is 0 Å². The van der Waals surface area contributed by atoms with Gasteiger partial charge in [0.25, 0.3) is 0 Å². The molecule has 6 heteroatoms. The number of alkyl carbamates (subject to hydrolysis) is 1. The summed E-state index contributed by atoms with van der Waals surface area (Å²) in [5.41, 5.74) is 5.73. The molecule has 0 aliphatic rings. The Balaban J connectivity index is 2.75. The van der Waals surface area contributed by atoms with Gasteiger partial charge in [-0.05, 0) is 38.8 Å². The number of aliphatic hydroxyl groups is 1. The van der Waals surface area contributed by atoms with Crippen LogP contribution in [0.5, 0.6) is 0 Å². The maximum Gasteiger partial charge on any atom is 0.407 e.